The van der Waals surface area contributed by atoms with Crippen molar-refractivity contribution in [1.29, 1.82) is 0 Å². The monoisotopic (exact) mass is 365 g/mol. The Bertz CT molecular complexity index is 1170. The van der Waals surface area contributed by atoms with Crippen molar-refractivity contribution in [3.63, 3.8) is 0 Å². The minimum absolute atomic E-state index is 0.00659. The minimum atomic E-state index is -0.630. The lowest BCUT2D eigenvalue weighted by Gasteiger charge is -2.15. The number of ether oxygens (including phenoxy) is 1. The number of methoxy groups -OCH3 is 1. The van der Waals surface area contributed by atoms with Crippen LogP contribution in [0.4, 0.5) is 5.82 Å². The molecule has 9 heteroatoms. The number of aromatic nitrogens is 3. The van der Waals surface area contributed by atoms with E-state index in [-0.39, 0.29) is 16.9 Å². The van der Waals surface area contributed by atoms with E-state index in [0.717, 1.165) is 17.4 Å². The van der Waals surface area contributed by atoms with E-state index in [4.69, 9.17) is 10.5 Å². The quantitative estimate of drug-likeness (QED) is 0.663. The molecule has 27 heavy (non-hydrogen) atoms. The van der Waals surface area contributed by atoms with E-state index in [0.29, 0.717) is 11.4 Å². The number of imidazole rings is 1. The van der Waals surface area contributed by atoms with Crippen LogP contribution in [-0.2, 0) is 0 Å². The zero-order chi connectivity index (χ0) is 19.3. The van der Waals surface area contributed by atoms with Gasteiger partial charge in [0.15, 0.2) is 0 Å². The average Bonchev–Trinajstić information content (AvgIpc) is 3.18. The van der Waals surface area contributed by atoms with Crippen LogP contribution in [0.1, 0.15) is 26.4 Å². The Hall–Kier alpha value is -3.88. The van der Waals surface area contributed by atoms with E-state index < -0.39 is 17.4 Å². The van der Waals surface area contributed by atoms with Gasteiger partial charge in [0, 0.05) is 18.3 Å². The Morgan fingerprint density at radius 3 is 2.59 bits per heavy atom. The van der Waals surface area contributed by atoms with E-state index in [1.54, 1.807) is 29.1 Å². The molecule has 2 aromatic heterocycles. The van der Waals surface area contributed by atoms with Gasteiger partial charge in [-0.05, 0) is 19.1 Å². The Labute approximate surface area is 153 Å². The first kappa shape index (κ1) is 16.6. The summed E-state index contributed by atoms with van der Waals surface area (Å²) in [5.41, 5.74) is 7.49. The maximum absolute atomic E-state index is 12.5. The van der Waals surface area contributed by atoms with Gasteiger partial charge in [0.25, 0.3) is 17.4 Å². The summed E-state index contributed by atoms with van der Waals surface area (Å²) in [5.74, 6) is -0.876. The number of hydrogen-bond donors (Lipinski definition) is 2. The van der Waals surface area contributed by atoms with Gasteiger partial charge in [0.1, 0.15) is 11.6 Å². The highest BCUT2D eigenvalue weighted by Crippen LogP contribution is 2.28. The number of carbonyl (C=O) groups excluding carboxylic acids is 2. The number of nitrogen functional groups attached to an aromatic ring is 1. The van der Waals surface area contributed by atoms with Gasteiger partial charge >= 0.3 is 0 Å². The predicted molar refractivity (Wildman–Crippen MR) is 96.7 cm³/mol. The number of fused-ring (bicyclic) bond motifs is 1. The summed E-state index contributed by atoms with van der Waals surface area (Å²) in [5, 5.41) is 2.14. The van der Waals surface area contributed by atoms with Gasteiger partial charge in [-0.25, -0.2) is 4.98 Å². The van der Waals surface area contributed by atoms with Crippen LogP contribution in [0.3, 0.4) is 0 Å². The first-order valence-electron chi connectivity index (χ1n) is 8.01. The van der Waals surface area contributed by atoms with Crippen LogP contribution in [0.15, 0.2) is 41.6 Å². The molecule has 0 bridgehead atoms. The molecule has 136 valence electrons. The lowest BCUT2D eigenvalue weighted by molar-refractivity contribution is 0.0880. The third-order valence-corrected chi connectivity index (χ3v) is 4.36. The molecule has 0 spiro atoms. The maximum atomic E-state index is 12.5. The lowest BCUT2D eigenvalue weighted by Crippen LogP contribution is -2.24. The van der Waals surface area contributed by atoms with Crippen molar-refractivity contribution in [2.24, 2.45) is 0 Å². The molecule has 4 rings (SSSR count). The second-order valence-corrected chi connectivity index (χ2v) is 6.05. The molecule has 3 N–H and O–H groups in total. The first-order valence-corrected chi connectivity index (χ1v) is 8.01. The summed E-state index contributed by atoms with van der Waals surface area (Å²) >= 11 is 0. The van der Waals surface area contributed by atoms with Gasteiger partial charge in [-0.1, -0.05) is 0 Å². The number of nitrogens with one attached hydrogen (secondary N) is 1. The highest BCUT2D eigenvalue weighted by Gasteiger charge is 2.31. The number of carbonyl (C=O) groups is 2. The number of pyridine rings is 1. The zero-order valence-corrected chi connectivity index (χ0v) is 14.5. The van der Waals surface area contributed by atoms with Gasteiger partial charge in [0.2, 0.25) is 0 Å². The van der Waals surface area contributed by atoms with Crippen LogP contribution < -0.4 is 21.3 Å². The number of nitrogens with zero attached hydrogens (tertiary/aromatic N) is 3. The van der Waals surface area contributed by atoms with E-state index in [2.05, 4.69) is 10.3 Å². The number of hydrogen-bond acceptors (Lipinski definition) is 6. The van der Waals surface area contributed by atoms with Gasteiger partial charge in [-0.2, -0.15) is 0 Å². The molecule has 0 unspecified atom stereocenters. The number of nitrogens with two attached hydrogens (primary N) is 1. The number of imide groups is 1. The van der Waals surface area contributed by atoms with Crippen molar-refractivity contribution in [2.75, 3.05) is 12.8 Å². The van der Waals surface area contributed by atoms with Gasteiger partial charge < -0.3 is 15.0 Å². The third kappa shape index (κ3) is 2.48. The molecule has 0 aliphatic carbocycles. The van der Waals surface area contributed by atoms with Crippen molar-refractivity contribution >= 4 is 17.6 Å². The maximum Gasteiger partial charge on any atom is 0.262 e. The van der Waals surface area contributed by atoms with Crippen molar-refractivity contribution in [3.05, 3.63) is 64.0 Å². The minimum Gasteiger partial charge on any atom is -0.494 e. The lowest BCUT2D eigenvalue weighted by atomic mass is 10.1. The SMILES string of the molecule is COc1cc(-n2c(N)c3c(cc2=O)C(=O)NC3=O)ccc1-n1cnc(C)c1. The number of amides is 2. The van der Waals surface area contributed by atoms with Crippen LogP contribution in [0.5, 0.6) is 5.75 Å². The summed E-state index contributed by atoms with van der Waals surface area (Å²) in [6.45, 7) is 1.87. The predicted octanol–water partition coefficient (Wildman–Crippen LogP) is 0.806. The average molecular weight is 365 g/mol. The Balaban J connectivity index is 1.90. The summed E-state index contributed by atoms with van der Waals surface area (Å²) in [6, 6.07) is 6.15. The highest BCUT2D eigenvalue weighted by molar-refractivity contribution is 6.23. The highest BCUT2D eigenvalue weighted by atomic mass is 16.5. The summed E-state index contributed by atoms with van der Waals surface area (Å²) in [7, 11) is 1.51. The second-order valence-electron chi connectivity index (χ2n) is 6.05. The fourth-order valence-corrected chi connectivity index (χ4v) is 3.12. The molecule has 3 aromatic rings. The van der Waals surface area contributed by atoms with Crippen LogP contribution in [0.2, 0.25) is 0 Å². The normalized spacial score (nSPS) is 12.8. The van der Waals surface area contributed by atoms with Crippen LogP contribution in [0, 0.1) is 6.92 Å². The fraction of sp³-hybridized carbons (Fsp3) is 0.111. The Morgan fingerprint density at radius 2 is 1.93 bits per heavy atom. The van der Waals surface area contributed by atoms with Gasteiger partial charge in [0.05, 0.1) is 41.6 Å². The third-order valence-electron chi connectivity index (χ3n) is 4.36. The van der Waals surface area contributed by atoms with Crippen LogP contribution >= 0.6 is 0 Å². The Kier molecular flexibility index (Phi) is 3.58. The zero-order valence-electron chi connectivity index (χ0n) is 14.5. The first-order chi connectivity index (χ1) is 12.9. The molecule has 0 saturated heterocycles. The van der Waals surface area contributed by atoms with Gasteiger partial charge in [-0.3, -0.25) is 24.3 Å². The fourth-order valence-electron chi connectivity index (χ4n) is 3.12. The molecule has 0 radical (unpaired) electrons. The summed E-state index contributed by atoms with van der Waals surface area (Å²) in [4.78, 5) is 40.5. The van der Waals surface area contributed by atoms with Crippen LogP contribution in [0.25, 0.3) is 11.4 Å². The van der Waals surface area contributed by atoms with E-state index in [9.17, 15) is 14.4 Å². The summed E-state index contributed by atoms with van der Waals surface area (Å²) < 4.78 is 8.40. The molecule has 1 aliphatic rings. The molecule has 1 aromatic carbocycles. The molecular formula is C18H15N5O4. The van der Waals surface area contributed by atoms with Crippen molar-refractivity contribution in [2.45, 2.75) is 6.92 Å². The number of anilines is 1. The van der Waals surface area contributed by atoms with Crippen molar-refractivity contribution in [1.82, 2.24) is 19.4 Å². The molecule has 1 aliphatic heterocycles. The molecule has 3 heterocycles. The second kappa shape index (κ2) is 5.84. The molecule has 2 amide bonds. The number of benzene rings is 1. The molecule has 0 fully saturated rings. The topological polar surface area (TPSA) is 121 Å². The molecule has 0 saturated carbocycles. The van der Waals surface area contributed by atoms with Crippen molar-refractivity contribution < 1.29 is 14.3 Å². The smallest absolute Gasteiger partial charge is 0.262 e. The van der Waals surface area contributed by atoms with E-state index in [1.165, 1.54) is 11.7 Å². The van der Waals surface area contributed by atoms with Crippen LogP contribution in [-0.4, -0.2) is 33.0 Å². The summed E-state index contributed by atoms with van der Waals surface area (Å²) in [6.07, 6.45) is 3.49. The number of aryl methyl sites for hydroxylation is 1. The Morgan fingerprint density at radius 1 is 1.15 bits per heavy atom. The molecule has 0 atom stereocenters. The largest absolute Gasteiger partial charge is 0.494 e. The molecule has 9 nitrogen and oxygen atoms in total. The number of rotatable bonds is 3. The van der Waals surface area contributed by atoms with Gasteiger partial charge in [-0.15, -0.1) is 0 Å². The van der Waals surface area contributed by atoms with E-state index in [1.807, 2.05) is 13.1 Å². The van der Waals surface area contributed by atoms with Crippen molar-refractivity contribution in [3.8, 4) is 17.1 Å². The standard InChI is InChI=1S/C18H15N5O4/c1-9-7-22(8-20-9)12-4-3-10(5-13(12)27-2)23-14(24)6-11-15(16(23)19)18(26)21-17(11)25/h3-8H,19H2,1-2H3,(H,21,25,26). The van der Waals surface area contributed by atoms with E-state index >= 15 is 0 Å². The molecular weight excluding hydrogens is 350 g/mol.